The zero-order valence-corrected chi connectivity index (χ0v) is 51.4. The minimum atomic E-state index is -0.143. The van der Waals surface area contributed by atoms with Crippen LogP contribution in [-0.2, 0) is 19.1 Å². The molecular formula is C72H116O4. The number of carbonyl (C=O) groups is 2. The fourth-order valence-corrected chi connectivity index (χ4v) is 11.3. The summed E-state index contributed by atoms with van der Waals surface area (Å²) in [6.07, 6.45) is 69.9. The van der Waals surface area contributed by atoms with Crippen molar-refractivity contribution in [2.75, 3.05) is 0 Å². The van der Waals surface area contributed by atoms with E-state index in [9.17, 15) is 9.59 Å². The lowest BCUT2D eigenvalue weighted by Crippen LogP contribution is -2.34. The topological polar surface area (TPSA) is 52.6 Å². The molecule has 2 rings (SSSR count). The van der Waals surface area contributed by atoms with Crippen LogP contribution in [-0.4, -0.2) is 24.1 Å². The molecule has 0 unspecified atom stereocenters. The smallest absolute Gasteiger partial charge is 0.306 e. The number of unbranched alkanes of at least 4 members (excludes halogenated alkanes) is 24. The van der Waals surface area contributed by atoms with Crippen LogP contribution in [0.25, 0.3) is 0 Å². The van der Waals surface area contributed by atoms with Gasteiger partial charge in [-0.15, -0.1) is 0 Å². The highest BCUT2D eigenvalue weighted by molar-refractivity contribution is 5.70. The molecule has 0 aromatic heterocycles. The Morgan fingerprint density at radius 1 is 0.500 bits per heavy atom. The first-order valence-corrected chi connectivity index (χ1v) is 31.3. The number of carbonyl (C=O) groups excluding carboxylic acids is 2. The number of hydrogen-bond donors (Lipinski definition) is 0. The molecule has 0 aliphatic heterocycles. The molecule has 0 heterocycles. The molecule has 0 N–H and O–H groups in total. The van der Waals surface area contributed by atoms with Crippen molar-refractivity contribution < 1.29 is 19.1 Å². The molecule has 0 saturated carbocycles. The van der Waals surface area contributed by atoms with Crippen molar-refractivity contribution in [3.63, 3.8) is 0 Å². The fourth-order valence-electron chi connectivity index (χ4n) is 11.3. The molecule has 0 aromatic carbocycles. The second-order valence-corrected chi connectivity index (χ2v) is 24.6. The van der Waals surface area contributed by atoms with E-state index in [0.717, 1.165) is 44.9 Å². The SMILES string of the molecule is CCCCCCCCCCCCCCCC(=O)O[C@@H]1CC(C)=C(/C=C/C(C)=C\C=C\C(C)=C/C=C/C=C(C)\C=C\C=C(C)/C=C/[C@H]2C(C)=C[C@H](OC(=O)CCCCCCCCCCCCCCC)CC2(C)C)C(C)(C)C1. The predicted octanol–water partition coefficient (Wildman–Crippen LogP) is 22.5. The standard InChI is InChI=1S/C72H116O4/c1-13-15-17-19-21-23-25-27-29-31-33-35-37-49-69(73)75-65-55-63(7)67(71(9,10)57-65)53-51-61(5)47-41-45-59(3)43-39-40-44-60(4)46-42-48-62(6)52-54-68-64(8)56-66(58-72(68,11)12)76-70(74)50-38-36-34-32-30-28-26-24-22-20-18-16-14-2/h39-48,51-55,65-67H,13-38,49-50,56-58H2,1-12H3/b40-39+,45-41+,46-42+,53-51+,54-52+,59-43-,60-44-,61-47-,62-48-/t65-,66+,67-/m0/s1. The molecule has 0 amide bonds. The molecule has 3 atom stereocenters. The van der Waals surface area contributed by atoms with Crippen molar-refractivity contribution in [2.24, 2.45) is 16.7 Å². The maximum atomic E-state index is 12.8. The van der Waals surface area contributed by atoms with Crippen molar-refractivity contribution in [1.82, 2.24) is 0 Å². The Kier molecular flexibility index (Phi) is 36.9. The minimum absolute atomic E-state index is 0.00519. The van der Waals surface area contributed by atoms with Crippen LogP contribution in [0.4, 0.5) is 0 Å². The zero-order chi connectivity index (χ0) is 55.9. The Bertz CT molecular complexity index is 1980. The van der Waals surface area contributed by atoms with E-state index in [4.69, 9.17) is 9.47 Å². The van der Waals surface area contributed by atoms with Crippen molar-refractivity contribution in [2.45, 2.75) is 294 Å². The van der Waals surface area contributed by atoms with Gasteiger partial charge in [0.05, 0.1) is 0 Å². The van der Waals surface area contributed by atoms with Crippen LogP contribution in [0.15, 0.2) is 130 Å². The van der Waals surface area contributed by atoms with Gasteiger partial charge in [-0.3, -0.25) is 9.59 Å². The first-order valence-electron chi connectivity index (χ1n) is 31.3. The lowest BCUT2D eigenvalue weighted by Gasteiger charge is -2.40. The Morgan fingerprint density at radius 2 is 0.882 bits per heavy atom. The Balaban J connectivity index is 1.73. The lowest BCUT2D eigenvalue weighted by atomic mass is 9.67. The molecule has 76 heavy (non-hydrogen) atoms. The number of ether oxygens (including phenoxy) is 2. The summed E-state index contributed by atoms with van der Waals surface area (Å²) in [6.45, 7) is 26.6. The average Bonchev–Trinajstić information content (AvgIpc) is 3.34. The normalized spacial score (nSPS) is 19.8. The van der Waals surface area contributed by atoms with Gasteiger partial charge in [-0.25, -0.2) is 0 Å². The summed E-state index contributed by atoms with van der Waals surface area (Å²) in [7, 11) is 0. The molecule has 4 nitrogen and oxygen atoms in total. The second-order valence-electron chi connectivity index (χ2n) is 24.6. The van der Waals surface area contributed by atoms with Gasteiger partial charge in [0.2, 0.25) is 0 Å². The lowest BCUT2D eigenvalue weighted by molar-refractivity contribution is -0.151. The largest absolute Gasteiger partial charge is 0.462 e. The van der Waals surface area contributed by atoms with E-state index in [1.54, 1.807) is 0 Å². The summed E-state index contributed by atoms with van der Waals surface area (Å²) in [6, 6.07) is 0. The highest BCUT2D eigenvalue weighted by Crippen LogP contribution is 2.44. The number of hydrogen-bond acceptors (Lipinski definition) is 4. The van der Waals surface area contributed by atoms with E-state index in [-0.39, 0.29) is 35.0 Å². The summed E-state index contributed by atoms with van der Waals surface area (Å²) in [4.78, 5) is 25.6. The zero-order valence-electron chi connectivity index (χ0n) is 51.4. The summed E-state index contributed by atoms with van der Waals surface area (Å²) in [5.74, 6) is 0.224. The van der Waals surface area contributed by atoms with Crippen LogP contribution < -0.4 is 0 Å². The van der Waals surface area contributed by atoms with E-state index in [1.165, 1.54) is 180 Å². The molecule has 0 bridgehead atoms. The van der Waals surface area contributed by atoms with Gasteiger partial charge in [-0.1, -0.05) is 314 Å². The van der Waals surface area contributed by atoms with Gasteiger partial charge in [-0.05, 0) is 89.7 Å². The fraction of sp³-hybridized carbons (Fsp3) is 0.667. The minimum Gasteiger partial charge on any atom is -0.462 e. The summed E-state index contributed by atoms with van der Waals surface area (Å²) in [5, 5.41) is 0. The van der Waals surface area contributed by atoms with Crippen molar-refractivity contribution >= 4 is 11.9 Å². The molecular weight excluding hydrogens is 929 g/mol. The predicted molar refractivity (Wildman–Crippen MR) is 332 cm³/mol. The molecule has 2 aliphatic carbocycles. The van der Waals surface area contributed by atoms with Gasteiger partial charge >= 0.3 is 11.9 Å². The first kappa shape index (κ1) is 68.2. The molecule has 0 fully saturated rings. The van der Waals surface area contributed by atoms with E-state index < -0.39 is 0 Å². The Labute approximate surface area is 470 Å². The summed E-state index contributed by atoms with van der Waals surface area (Å²) >= 11 is 0. The van der Waals surface area contributed by atoms with Gasteiger partial charge in [0, 0.05) is 25.2 Å². The molecule has 0 saturated heterocycles. The number of rotatable bonds is 40. The number of allylic oxidation sites excluding steroid dienone is 20. The third kappa shape index (κ3) is 32.7. The molecule has 0 aromatic rings. The Hall–Kier alpha value is -3.92. The Morgan fingerprint density at radius 3 is 1.30 bits per heavy atom. The van der Waals surface area contributed by atoms with Gasteiger partial charge in [0.1, 0.15) is 12.2 Å². The first-order chi connectivity index (χ1) is 36.5. The second kappa shape index (κ2) is 41.2. The number of esters is 2. The van der Waals surface area contributed by atoms with Crippen molar-refractivity contribution in [1.29, 1.82) is 0 Å². The quantitative estimate of drug-likeness (QED) is 0.0266. The molecule has 0 radical (unpaired) electrons. The van der Waals surface area contributed by atoms with Crippen LogP contribution in [0.3, 0.4) is 0 Å². The van der Waals surface area contributed by atoms with Gasteiger partial charge in [0.25, 0.3) is 0 Å². The third-order valence-electron chi connectivity index (χ3n) is 15.8. The van der Waals surface area contributed by atoms with Crippen LogP contribution >= 0.6 is 0 Å². The van der Waals surface area contributed by atoms with Crippen LogP contribution in [0.5, 0.6) is 0 Å². The van der Waals surface area contributed by atoms with E-state index in [1.807, 2.05) is 0 Å². The van der Waals surface area contributed by atoms with E-state index >= 15 is 0 Å². The van der Waals surface area contributed by atoms with Gasteiger partial charge in [-0.2, -0.15) is 0 Å². The summed E-state index contributed by atoms with van der Waals surface area (Å²) in [5.41, 5.74) is 8.64. The van der Waals surface area contributed by atoms with Gasteiger partial charge in [0.15, 0.2) is 0 Å². The molecule has 4 heteroatoms. The highest BCUT2D eigenvalue weighted by atomic mass is 16.5. The summed E-state index contributed by atoms with van der Waals surface area (Å²) < 4.78 is 12.0. The average molecular weight is 1050 g/mol. The van der Waals surface area contributed by atoms with Crippen molar-refractivity contribution in [3.05, 3.63) is 130 Å². The van der Waals surface area contributed by atoms with Crippen LogP contribution in [0.2, 0.25) is 0 Å². The molecule has 2 aliphatic rings. The van der Waals surface area contributed by atoms with Crippen LogP contribution in [0.1, 0.15) is 282 Å². The van der Waals surface area contributed by atoms with Crippen LogP contribution in [0, 0.1) is 16.7 Å². The third-order valence-corrected chi connectivity index (χ3v) is 15.8. The molecule has 0 spiro atoms. The molecule has 428 valence electrons. The monoisotopic (exact) mass is 1040 g/mol. The van der Waals surface area contributed by atoms with E-state index in [0.29, 0.717) is 18.8 Å². The van der Waals surface area contributed by atoms with Gasteiger partial charge < -0.3 is 9.47 Å². The van der Waals surface area contributed by atoms with E-state index in [2.05, 4.69) is 174 Å². The highest BCUT2D eigenvalue weighted by Gasteiger charge is 2.37. The van der Waals surface area contributed by atoms with Crippen molar-refractivity contribution in [3.8, 4) is 0 Å². The maximum absolute atomic E-state index is 12.8. The maximum Gasteiger partial charge on any atom is 0.306 e.